The first kappa shape index (κ1) is 13.0. The Kier molecular flexibility index (Phi) is 4.19. The molecular formula is C13H28N2. The second-order valence-corrected chi connectivity index (χ2v) is 6.48. The predicted octanol–water partition coefficient (Wildman–Crippen LogP) is 2.34. The van der Waals surface area contributed by atoms with Gasteiger partial charge in [0.05, 0.1) is 0 Å². The molecule has 1 rings (SSSR count). The Morgan fingerprint density at radius 1 is 1.20 bits per heavy atom. The fourth-order valence-electron chi connectivity index (χ4n) is 2.19. The number of hydrogen-bond donors (Lipinski definition) is 1. The lowest BCUT2D eigenvalue weighted by Crippen LogP contribution is -2.38. The van der Waals surface area contributed by atoms with Gasteiger partial charge >= 0.3 is 0 Å². The highest BCUT2D eigenvalue weighted by molar-refractivity contribution is 4.82. The molecule has 0 aromatic heterocycles. The van der Waals surface area contributed by atoms with Gasteiger partial charge in [-0.05, 0) is 30.2 Å². The van der Waals surface area contributed by atoms with E-state index < -0.39 is 0 Å². The monoisotopic (exact) mass is 212 g/mol. The fourth-order valence-corrected chi connectivity index (χ4v) is 2.19. The summed E-state index contributed by atoms with van der Waals surface area (Å²) in [5.74, 6) is 1.71. The summed E-state index contributed by atoms with van der Waals surface area (Å²) in [7, 11) is 0. The second-order valence-electron chi connectivity index (χ2n) is 6.48. The molecule has 1 saturated heterocycles. The van der Waals surface area contributed by atoms with Crippen molar-refractivity contribution in [3.63, 3.8) is 0 Å². The number of hydrogen-bond acceptors (Lipinski definition) is 2. The lowest BCUT2D eigenvalue weighted by atomic mass is 9.85. The van der Waals surface area contributed by atoms with E-state index in [0.717, 1.165) is 18.3 Å². The van der Waals surface area contributed by atoms with Gasteiger partial charge in [0.1, 0.15) is 0 Å². The van der Waals surface area contributed by atoms with Gasteiger partial charge in [-0.25, -0.2) is 0 Å². The Labute approximate surface area is 95.2 Å². The molecular weight excluding hydrogens is 184 g/mol. The first-order valence-corrected chi connectivity index (χ1v) is 6.28. The molecule has 15 heavy (non-hydrogen) atoms. The molecule has 1 fully saturated rings. The summed E-state index contributed by atoms with van der Waals surface area (Å²) in [5, 5.41) is 0. The van der Waals surface area contributed by atoms with Gasteiger partial charge in [0.25, 0.3) is 0 Å². The Hall–Kier alpha value is -0.0800. The first-order chi connectivity index (χ1) is 6.80. The summed E-state index contributed by atoms with van der Waals surface area (Å²) in [6.07, 6.45) is 1.13. The van der Waals surface area contributed by atoms with E-state index in [1.165, 1.54) is 19.6 Å². The van der Waals surface area contributed by atoms with Crippen LogP contribution in [0.4, 0.5) is 0 Å². The predicted molar refractivity (Wildman–Crippen MR) is 66.8 cm³/mol. The number of rotatable bonds is 3. The molecule has 0 aliphatic carbocycles. The van der Waals surface area contributed by atoms with Crippen LogP contribution in [0.5, 0.6) is 0 Å². The van der Waals surface area contributed by atoms with Crippen molar-refractivity contribution >= 4 is 0 Å². The lowest BCUT2D eigenvalue weighted by Gasteiger charge is -2.28. The van der Waals surface area contributed by atoms with Gasteiger partial charge in [-0.2, -0.15) is 0 Å². The molecule has 0 bridgehead atoms. The van der Waals surface area contributed by atoms with E-state index in [9.17, 15) is 0 Å². The summed E-state index contributed by atoms with van der Waals surface area (Å²) >= 11 is 0. The largest absolute Gasteiger partial charge is 0.327 e. The quantitative estimate of drug-likeness (QED) is 0.778. The average Bonchev–Trinajstić information content (AvgIpc) is 2.41. The summed E-state index contributed by atoms with van der Waals surface area (Å²) in [6, 6.07) is 0.323. The molecule has 0 radical (unpaired) electrons. The SMILES string of the molecule is CC1CN(CCC(N)C(C)(C)C)CC1C. The van der Waals surface area contributed by atoms with Gasteiger partial charge in [0, 0.05) is 19.1 Å². The third-order valence-corrected chi connectivity index (χ3v) is 3.93. The molecule has 90 valence electrons. The van der Waals surface area contributed by atoms with Crippen molar-refractivity contribution in [2.24, 2.45) is 23.0 Å². The van der Waals surface area contributed by atoms with Gasteiger partial charge < -0.3 is 10.6 Å². The van der Waals surface area contributed by atoms with E-state index in [4.69, 9.17) is 5.73 Å². The van der Waals surface area contributed by atoms with Crippen LogP contribution in [-0.2, 0) is 0 Å². The molecule has 3 unspecified atom stereocenters. The van der Waals surface area contributed by atoms with E-state index in [2.05, 4.69) is 39.5 Å². The van der Waals surface area contributed by atoms with Crippen molar-refractivity contribution in [3.8, 4) is 0 Å². The Bertz CT molecular complexity index is 185. The molecule has 2 N–H and O–H groups in total. The van der Waals surface area contributed by atoms with E-state index >= 15 is 0 Å². The average molecular weight is 212 g/mol. The summed E-state index contributed by atoms with van der Waals surface area (Å²) in [6.45, 7) is 15.1. The molecule has 1 aliphatic heterocycles. The van der Waals surface area contributed by atoms with Crippen molar-refractivity contribution in [2.75, 3.05) is 19.6 Å². The van der Waals surface area contributed by atoms with Crippen LogP contribution < -0.4 is 5.73 Å². The zero-order valence-corrected chi connectivity index (χ0v) is 11.1. The van der Waals surface area contributed by atoms with E-state index in [1.54, 1.807) is 0 Å². The van der Waals surface area contributed by atoms with Crippen LogP contribution in [0.15, 0.2) is 0 Å². The van der Waals surface area contributed by atoms with Crippen LogP contribution in [0.3, 0.4) is 0 Å². The van der Waals surface area contributed by atoms with Crippen LogP contribution in [0.1, 0.15) is 41.0 Å². The standard InChI is InChI=1S/C13H28N2/c1-10-8-15(9-11(10)2)7-6-12(14)13(3,4)5/h10-12H,6-9,14H2,1-5H3. The molecule has 1 heterocycles. The van der Waals surface area contributed by atoms with Crippen LogP contribution in [0.25, 0.3) is 0 Å². The highest BCUT2D eigenvalue weighted by Gasteiger charge is 2.27. The Morgan fingerprint density at radius 2 is 1.67 bits per heavy atom. The number of nitrogens with two attached hydrogens (primary N) is 1. The number of nitrogens with zero attached hydrogens (tertiary/aromatic N) is 1. The molecule has 2 heteroatoms. The zero-order chi connectivity index (χ0) is 11.6. The maximum Gasteiger partial charge on any atom is 0.00998 e. The van der Waals surface area contributed by atoms with Crippen LogP contribution in [0.2, 0.25) is 0 Å². The molecule has 1 aliphatic rings. The van der Waals surface area contributed by atoms with E-state index in [1.807, 2.05) is 0 Å². The molecule has 0 saturated carbocycles. The van der Waals surface area contributed by atoms with Gasteiger partial charge in [0.2, 0.25) is 0 Å². The summed E-state index contributed by atoms with van der Waals surface area (Å²) in [5.41, 5.74) is 6.42. The smallest absolute Gasteiger partial charge is 0.00998 e. The van der Waals surface area contributed by atoms with Gasteiger partial charge in [-0.3, -0.25) is 0 Å². The second kappa shape index (κ2) is 4.84. The third kappa shape index (κ3) is 3.76. The van der Waals surface area contributed by atoms with E-state index in [-0.39, 0.29) is 5.41 Å². The zero-order valence-electron chi connectivity index (χ0n) is 11.1. The minimum Gasteiger partial charge on any atom is -0.327 e. The molecule has 0 amide bonds. The van der Waals surface area contributed by atoms with Crippen molar-refractivity contribution < 1.29 is 0 Å². The summed E-state index contributed by atoms with van der Waals surface area (Å²) < 4.78 is 0. The van der Waals surface area contributed by atoms with Gasteiger partial charge in [0.15, 0.2) is 0 Å². The van der Waals surface area contributed by atoms with Gasteiger partial charge in [-0.15, -0.1) is 0 Å². The molecule has 2 nitrogen and oxygen atoms in total. The van der Waals surface area contributed by atoms with Crippen LogP contribution in [0, 0.1) is 17.3 Å². The highest BCUT2D eigenvalue weighted by atomic mass is 15.1. The normalized spacial score (nSPS) is 30.8. The van der Waals surface area contributed by atoms with Crippen molar-refractivity contribution in [3.05, 3.63) is 0 Å². The van der Waals surface area contributed by atoms with Crippen molar-refractivity contribution in [1.82, 2.24) is 4.90 Å². The minimum atomic E-state index is 0.247. The van der Waals surface area contributed by atoms with Gasteiger partial charge in [-0.1, -0.05) is 34.6 Å². The highest BCUT2D eigenvalue weighted by Crippen LogP contribution is 2.24. The molecule has 0 spiro atoms. The maximum absolute atomic E-state index is 6.17. The minimum absolute atomic E-state index is 0.247. The van der Waals surface area contributed by atoms with Crippen molar-refractivity contribution in [2.45, 2.75) is 47.1 Å². The lowest BCUT2D eigenvalue weighted by molar-refractivity contribution is 0.250. The van der Waals surface area contributed by atoms with Crippen LogP contribution in [-0.4, -0.2) is 30.6 Å². The van der Waals surface area contributed by atoms with E-state index in [0.29, 0.717) is 6.04 Å². The Balaban J connectivity index is 2.27. The number of likely N-dealkylation sites (tertiary alicyclic amines) is 1. The molecule has 0 aromatic rings. The first-order valence-electron chi connectivity index (χ1n) is 6.28. The third-order valence-electron chi connectivity index (χ3n) is 3.93. The van der Waals surface area contributed by atoms with Crippen LogP contribution >= 0.6 is 0 Å². The van der Waals surface area contributed by atoms with Crippen molar-refractivity contribution in [1.29, 1.82) is 0 Å². The summed E-state index contributed by atoms with van der Waals surface area (Å²) in [4.78, 5) is 2.57. The fraction of sp³-hybridized carbons (Fsp3) is 1.00. The topological polar surface area (TPSA) is 29.3 Å². The molecule has 0 aromatic carbocycles. The molecule has 3 atom stereocenters. The maximum atomic E-state index is 6.17. The Morgan fingerprint density at radius 3 is 2.07 bits per heavy atom.